The molecule has 4 rings (SSSR count). The number of hydrogen-bond donors (Lipinski definition) is 1. The molecule has 0 bridgehead atoms. The van der Waals surface area contributed by atoms with Gasteiger partial charge in [0.25, 0.3) is 0 Å². The Morgan fingerprint density at radius 2 is 1.72 bits per heavy atom. The highest BCUT2D eigenvalue weighted by Gasteiger charge is 2.31. The molecule has 11 heteroatoms. The standard InChI is InChI=1S/C25H19ClF3N3O3S/c26-22-10-5-18-15-32(36(34,35)20-8-3-17(14-30)4-9-20)12-11-21(18)24(22)31-23(33)13-16-1-6-19(7-2-16)25(27,28)29/h1-10H,11-13,15H2,(H,31,33). The second-order valence-electron chi connectivity index (χ2n) is 8.20. The highest BCUT2D eigenvalue weighted by Crippen LogP contribution is 2.35. The summed E-state index contributed by atoms with van der Waals surface area (Å²) in [6, 6.07) is 15.2. The number of anilines is 1. The molecule has 0 saturated heterocycles. The zero-order valence-corrected chi connectivity index (χ0v) is 20.2. The van der Waals surface area contributed by atoms with Crippen molar-refractivity contribution in [2.75, 3.05) is 11.9 Å². The number of carbonyl (C=O) groups is 1. The van der Waals surface area contributed by atoms with Gasteiger partial charge >= 0.3 is 6.18 Å². The monoisotopic (exact) mass is 533 g/mol. The van der Waals surface area contributed by atoms with Gasteiger partial charge in [0.05, 0.1) is 39.2 Å². The van der Waals surface area contributed by atoms with E-state index in [0.717, 1.165) is 12.1 Å². The van der Waals surface area contributed by atoms with Crippen molar-refractivity contribution in [3.8, 4) is 6.07 Å². The zero-order chi connectivity index (χ0) is 26.1. The van der Waals surface area contributed by atoms with Gasteiger partial charge in [-0.15, -0.1) is 0 Å². The summed E-state index contributed by atoms with van der Waals surface area (Å²) in [7, 11) is -3.81. The molecule has 1 heterocycles. The number of benzene rings is 3. The van der Waals surface area contributed by atoms with Crippen LogP contribution in [0, 0.1) is 11.3 Å². The smallest absolute Gasteiger partial charge is 0.324 e. The fourth-order valence-corrected chi connectivity index (χ4v) is 5.62. The Balaban J connectivity index is 1.51. The van der Waals surface area contributed by atoms with Gasteiger partial charge in [0.15, 0.2) is 0 Å². The molecular formula is C25H19ClF3N3O3S. The molecule has 1 aliphatic rings. The van der Waals surface area contributed by atoms with Gasteiger partial charge in [-0.3, -0.25) is 4.79 Å². The van der Waals surface area contributed by atoms with Crippen LogP contribution in [-0.2, 0) is 40.4 Å². The molecule has 1 aliphatic heterocycles. The van der Waals surface area contributed by atoms with E-state index in [1.54, 1.807) is 12.1 Å². The second kappa shape index (κ2) is 9.93. The highest BCUT2D eigenvalue weighted by atomic mass is 35.5. The van der Waals surface area contributed by atoms with Crippen LogP contribution in [-0.4, -0.2) is 25.2 Å². The first-order valence-electron chi connectivity index (χ1n) is 10.8. The molecule has 1 amide bonds. The molecule has 186 valence electrons. The third kappa shape index (κ3) is 5.38. The SMILES string of the molecule is N#Cc1ccc(S(=O)(=O)N2CCc3c(ccc(Cl)c3NC(=O)Cc3ccc(C(F)(F)F)cc3)C2)cc1. The van der Waals surface area contributed by atoms with Crippen LogP contribution in [0.3, 0.4) is 0 Å². The maximum Gasteiger partial charge on any atom is 0.416 e. The van der Waals surface area contributed by atoms with E-state index in [1.807, 2.05) is 6.07 Å². The average Bonchev–Trinajstić information content (AvgIpc) is 2.85. The van der Waals surface area contributed by atoms with E-state index < -0.39 is 27.7 Å². The predicted octanol–water partition coefficient (Wildman–Crippen LogP) is 5.16. The van der Waals surface area contributed by atoms with Crippen LogP contribution in [0.15, 0.2) is 65.6 Å². The summed E-state index contributed by atoms with van der Waals surface area (Å²) in [5.74, 6) is -0.460. The lowest BCUT2D eigenvalue weighted by molar-refractivity contribution is -0.137. The first kappa shape index (κ1) is 25.7. The number of nitrogens with zero attached hydrogens (tertiary/aromatic N) is 2. The van der Waals surface area contributed by atoms with Crippen molar-refractivity contribution in [3.63, 3.8) is 0 Å². The van der Waals surface area contributed by atoms with Crippen LogP contribution in [0.1, 0.15) is 27.8 Å². The number of hydrogen-bond acceptors (Lipinski definition) is 4. The maximum atomic E-state index is 13.1. The van der Waals surface area contributed by atoms with Gasteiger partial charge in [-0.1, -0.05) is 29.8 Å². The van der Waals surface area contributed by atoms with Crippen LogP contribution in [0.2, 0.25) is 5.02 Å². The van der Waals surface area contributed by atoms with E-state index in [9.17, 15) is 26.4 Å². The second-order valence-corrected chi connectivity index (χ2v) is 10.5. The minimum Gasteiger partial charge on any atom is -0.324 e. The average molecular weight is 534 g/mol. The Morgan fingerprint density at radius 1 is 1.06 bits per heavy atom. The van der Waals surface area contributed by atoms with E-state index in [2.05, 4.69) is 5.32 Å². The lowest BCUT2D eigenvalue weighted by Crippen LogP contribution is -2.36. The Kier molecular flexibility index (Phi) is 7.09. The molecule has 0 unspecified atom stereocenters. The number of carbonyl (C=O) groups excluding carboxylic acids is 1. The largest absolute Gasteiger partial charge is 0.416 e. The summed E-state index contributed by atoms with van der Waals surface area (Å²) in [4.78, 5) is 12.7. The van der Waals surface area contributed by atoms with Crippen molar-refractivity contribution in [1.82, 2.24) is 4.31 Å². The summed E-state index contributed by atoms with van der Waals surface area (Å²) in [6.45, 7) is 0.216. The van der Waals surface area contributed by atoms with E-state index in [-0.39, 0.29) is 29.4 Å². The van der Waals surface area contributed by atoms with Gasteiger partial charge in [-0.05, 0) is 65.6 Å². The molecule has 0 radical (unpaired) electrons. The molecule has 1 N–H and O–H groups in total. The minimum atomic E-state index is -4.46. The molecule has 36 heavy (non-hydrogen) atoms. The predicted molar refractivity (Wildman–Crippen MR) is 128 cm³/mol. The Bertz CT molecular complexity index is 1450. The molecule has 3 aromatic rings. The van der Waals surface area contributed by atoms with E-state index in [0.29, 0.717) is 34.4 Å². The first-order valence-corrected chi connectivity index (χ1v) is 12.6. The topological polar surface area (TPSA) is 90.3 Å². The lowest BCUT2D eigenvalue weighted by atomic mass is 9.98. The molecule has 0 aromatic heterocycles. The van der Waals surface area contributed by atoms with Crippen LogP contribution in [0.25, 0.3) is 0 Å². The summed E-state index contributed by atoms with van der Waals surface area (Å²) in [6.07, 6.45) is -4.32. The van der Waals surface area contributed by atoms with Gasteiger partial charge in [0, 0.05) is 13.1 Å². The number of nitriles is 1. The number of alkyl halides is 3. The molecule has 0 atom stereocenters. The number of nitrogens with one attached hydrogen (secondary N) is 1. The normalized spacial score (nSPS) is 14.1. The molecule has 0 spiro atoms. The highest BCUT2D eigenvalue weighted by molar-refractivity contribution is 7.89. The Labute approximate surface area is 211 Å². The van der Waals surface area contributed by atoms with Gasteiger partial charge in [-0.25, -0.2) is 8.42 Å². The lowest BCUT2D eigenvalue weighted by Gasteiger charge is -2.30. The Hall–Kier alpha value is -3.39. The number of amides is 1. The van der Waals surface area contributed by atoms with Crippen molar-refractivity contribution in [1.29, 1.82) is 5.26 Å². The third-order valence-electron chi connectivity index (χ3n) is 5.85. The quantitative estimate of drug-likeness (QED) is 0.490. The van der Waals surface area contributed by atoms with Crippen molar-refractivity contribution in [3.05, 3.63) is 93.5 Å². The molecule has 0 aliphatic carbocycles. The summed E-state index contributed by atoms with van der Waals surface area (Å²) in [5.41, 5.74) is 1.70. The third-order valence-corrected chi connectivity index (χ3v) is 8.02. The van der Waals surface area contributed by atoms with Crippen LogP contribution < -0.4 is 5.32 Å². The van der Waals surface area contributed by atoms with Crippen LogP contribution in [0.5, 0.6) is 0 Å². The van der Waals surface area contributed by atoms with E-state index in [1.165, 1.54) is 40.7 Å². The van der Waals surface area contributed by atoms with Crippen LogP contribution in [0.4, 0.5) is 18.9 Å². The fourth-order valence-electron chi connectivity index (χ4n) is 3.97. The fraction of sp³-hybridized carbons (Fsp3) is 0.200. The van der Waals surface area contributed by atoms with Gasteiger partial charge < -0.3 is 5.32 Å². The number of sulfonamides is 1. The molecule has 0 fully saturated rings. The minimum absolute atomic E-state index is 0.0661. The number of rotatable bonds is 5. The first-order chi connectivity index (χ1) is 17.0. The maximum absolute atomic E-state index is 13.1. The molecule has 0 saturated carbocycles. The van der Waals surface area contributed by atoms with Crippen LogP contribution >= 0.6 is 11.6 Å². The van der Waals surface area contributed by atoms with E-state index in [4.69, 9.17) is 16.9 Å². The number of halogens is 4. The van der Waals surface area contributed by atoms with Crippen molar-refractivity contribution < 1.29 is 26.4 Å². The summed E-state index contributed by atoms with van der Waals surface area (Å²) < 4.78 is 65.8. The summed E-state index contributed by atoms with van der Waals surface area (Å²) >= 11 is 6.33. The zero-order valence-electron chi connectivity index (χ0n) is 18.6. The van der Waals surface area contributed by atoms with Crippen molar-refractivity contribution in [2.24, 2.45) is 0 Å². The molecule has 6 nitrogen and oxygen atoms in total. The van der Waals surface area contributed by atoms with Gasteiger partial charge in [0.1, 0.15) is 0 Å². The Morgan fingerprint density at radius 3 is 2.33 bits per heavy atom. The summed E-state index contributed by atoms with van der Waals surface area (Å²) in [5, 5.41) is 11.9. The van der Waals surface area contributed by atoms with Crippen molar-refractivity contribution >= 4 is 33.2 Å². The molecule has 3 aromatic carbocycles. The van der Waals surface area contributed by atoms with Crippen molar-refractivity contribution in [2.45, 2.75) is 30.5 Å². The van der Waals surface area contributed by atoms with E-state index >= 15 is 0 Å². The van der Waals surface area contributed by atoms with Gasteiger partial charge in [-0.2, -0.15) is 22.7 Å². The number of fused-ring (bicyclic) bond motifs is 1. The molecular weight excluding hydrogens is 515 g/mol. The van der Waals surface area contributed by atoms with Gasteiger partial charge in [0.2, 0.25) is 15.9 Å².